The van der Waals surface area contributed by atoms with E-state index < -0.39 is 0 Å². The number of benzene rings is 1. The topological polar surface area (TPSA) is 43.8 Å². The number of carbonyl (C=O) groups is 1. The highest BCUT2D eigenvalue weighted by Crippen LogP contribution is 2.30. The van der Waals surface area contributed by atoms with E-state index in [1.807, 2.05) is 29.2 Å². The van der Waals surface area contributed by atoms with Gasteiger partial charge in [-0.25, -0.2) is 0 Å². The Bertz CT molecular complexity index is 560. The van der Waals surface area contributed by atoms with Gasteiger partial charge in [0, 0.05) is 37.4 Å². The first-order valence-corrected chi connectivity index (χ1v) is 9.27. The molecule has 2 aliphatic rings. The predicted molar refractivity (Wildman–Crippen MR) is 97.4 cm³/mol. The lowest BCUT2D eigenvalue weighted by molar-refractivity contribution is 0.0757. The van der Waals surface area contributed by atoms with Crippen LogP contribution >= 0.6 is 0 Å². The van der Waals surface area contributed by atoms with Gasteiger partial charge in [0.25, 0.3) is 5.91 Å². The van der Waals surface area contributed by atoms with E-state index in [0.29, 0.717) is 5.41 Å². The first-order chi connectivity index (χ1) is 11.4. The first kappa shape index (κ1) is 17.3. The maximum atomic E-state index is 12.8. The molecule has 2 heterocycles. The van der Waals surface area contributed by atoms with E-state index in [1.54, 1.807) is 0 Å². The summed E-state index contributed by atoms with van der Waals surface area (Å²) in [6, 6.07) is 8.01. The second kappa shape index (κ2) is 7.14. The SMILES string of the molecule is CC1(C)CCCN(C(=O)c2ccc(N3CCC(O)CC3)cc2)CC1. The monoisotopic (exact) mass is 330 g/mol. The third-order valence-corrected chi connectivity index (χ3v) is 5.57. The average Bonchev–Trinajstić information content (AvgIpc) is 2.76. The number of nitrogens with zero attached hydrogens (tertiary/aromatic N) is 2. The Morgan fingerprint density at radius 1 is 1.04 bits per heavy atom. The van der Waals surface area contributed by atoms with Crippen molar-refractivity contribution in [3.63, 3.8) is 0 Å². The minimum atomic E-state index is -0.158. The van der Waals surface area contributed by atoms with Gasteiger partial charge in [-0.3, -0.25) is 4.79 Å². The van der Waals surface area contributed by atoms with Crippen LogP contribution < -0.4 is 4.90 Å². The zero-order chi connectivity index (χ0) is 17.2. The Labute approximate surface area is 145 Å². The first-order valence-electron chi connectivity index (χ1n) is 9.27. The Morgan fingerprint density at radius 2 is 1.71 bits per heavy atom. The average molecular weight is 330 g/mol. The highest BCUT2D eigenvalue weighted by Gasteiger charge is 2.26. The van der Waals surface area contributed by atoms with Gasteiger partial charge in [0.2, 0.25) is 0 Å². The van der Waals surface area contributed by atoms with E-state index >= 15 is 0 Å². The number of anilines is 1. The fourth-order valence-electron chi connectivity index (χ4n) is 3.75. The van der Waals surface area contributed by atoms with Crippen LogP contribution in [0.3, 0.4) is 0 Å². The van der Waals surface area contributed by atoms with Crippen molar-refractivity contribution in [3.05, 3.63) is 29.8 Å². The molecule has 2 fully saturated rings. The lowest BCUT2D eigenvalue weighted by atomic mass is 9.85. The molecule has 4 nitrogen and oxygen atoms in total. The molecule has 0 bridgehead atoms. The summed E-state index contributed by atoms with van der Waals surface area (Å²) < 4.78 is 0. The van der Waals surface area contributed by atoms with Crippen molar-refractivity contribution in [3.8, 4) is 0 Å². The Balaban J connectivity index is 1.63. The van der Waals surface area contributed by atoms with Crippen molar-refractivity contribution in [2.24, 2.45) is 5.41 Å². The molecule has 1 amide bonds. The molecule has 2 aliphatic heterocycles. The van der Waals surface area contributed by atoms with Crippen molar-refractivity contribution in [2.75, 3.05) is 31.1 Å². The maximum absolute atomic E-state index is 12.8. The van der Waals surface area contributed by atoms with Crippen LogP contribution in [-0.2, 0) is 0 Å². The summed E-state index contributed by atoms with van der Waals surface area (Å²) in [6.07, 6.45) is 4.85. The number of amides is 1. The predicted octanol–water partition coefficient (Wildman–Crippen LogP) is 3.30. The van der Waals surface area contributed by atoms with Crippen LogP contribution in [-0.4, -0.2) is 48.2 Å². The van der Waals surface area contributed by atoms with Gasteiger partial charge in [0.1, 0.15) is 0 Å². The van der Waals surface area contributed by atoms with Gasteiger partial charge in [0.15, 0.2) is 0 Å². The summed E-state index contributed by atoms with van der Waals surface area (Å²) in [5.41, 5.74) is 2.28. The molecule has 2 saturated heterocycles. The fourth-order valence-corrected chi connectivity index (χ4v) is 3.75. The van der Waals surface area contributed by atoms with E-state index in [2.05, 4.69) is 18.7 Å². The lowest BCUT2D eigenvalue weighted by Crippen LogP contribution is -2.36. The highest BCUT2D eigenvalue weighted by molar-refractivity contribution is 5.94. The third kappa shape index (κ3) is 4.10. The molecular formula is C20H30N2O2. The summed E-state index contributed by atoms with van der Waals surface area (Å²) >= 11 is 0. The molecule has 0 spiro atoms. The minimum absolute atomic E-state index is 0.158. The molecule has 0 unspecified atom stereocenters. The Kier molecular flexibility index (Phi) is 5.14. The molecule has 1 aromatic carbocycles. The summed E-state index contributed by atoms with van der Waals surface area (Å²) in [6.45, 7) is 8.09. The molecule has 0 atom stereocenters. The number of likely N-dealkylation sites (tertiary alicyclic amines) is 1. The third-order valence-electron chi connectivity index (χ3n) is 5.57. The van der Waals surface area contributed by atoms with Crippen molar-refractivity contribution >= 4 is 11.6 Å². The summed E-state index contributed by atoms with van der Waals surface area (Å²) in [5.74, 6) is 0.160. The number of aliphatic hydroxyl groups is 1. The lowest BCUT2D eigenvalue weighted by Gasteiger charge is -2.31. The summed E-state index contributed by atoms with van der Waals surface area (Å²) in [7, 11) is 0. The van der Waals surface area contributed by atoms with Gasteiger partial charge in [-0.05, 0) is 61.8 Å². The second-order valence-corrected chi connectivity index (χ2v) is 8.08. The second-order valence-electron chi connectivity index (χ2n) is 8.08. The molecule has 0 radical (unpaired) electrons. The zero-order valence-electron chi connectivity index (χ0n) is 15.0. The molecule has 1 N–H and O–H groups in total. The largest absolute Gasteiger partial charge is 0.393 e. The maximum Gasteiger partial charge on any atom is 0.253 e. The van der Waals surface area contributed by atoms with Crippen LogP contribution in [0.1, 0.15) is 56.3 Å². The smallest absolute Gasteiger partial charge is 0.253 e. The summed E-state index contributed by atoms with van der Waals surface area (Å²) in [4.78, 5) is 17.1. The van der Waals surface area contributed by atoms with Crippen LogP contribution in [0.25, 0.3) is 0 Å². The van der Waals surface area contributed by atoms with E-state index in [1.165, 1.54) is 6.42 Å². The van der Waals surface area contributed by atoms with Crippen LogP contribution in [0.15, 0.2) is 24.3 Å². The molecule has 0 aliphatic carbocycles. The van der Waals surface area contributed by atoms with Gasteiger partial charge >= 0.3 is 0 Å². The summed E-state index contributed by atoms with van der Waals surface area (Å²) in [5, 5.41) is 9.62. The minimum Gasteiger partial charge on any atom is -0.393 e. The normalized spacial score (nSPS) is 22.3. The number of carbonyl (C=O) groups excluding carboxylic acids is 1. The standard InChI is InChI=1S/C20H30N2O2/c1-20(2)10-3-12-22(15-11-20)19(24)16-4-6-17(7-5-16)21-13-8-18(23)9-14-21/h4-7,18,23H,3,8-15H2,1-2H3. The van der Waals surface area contributed by atoms with E-state index in [9.17, 15) is 9.90 Å². The number of piperidine rings is 1. The zero-order valence-corrected chi connectivity index (χ0v) is 15.0. The van der Waals surface area contributed by atoms with Crippen LogP contribution in [0.4, 0.5) is 5.69 Å². The molecular weight excluding hydrogens is 300 g/mol. The number of aliphatic hydroxyl groups excluding tert-OH is 1. The van der Waals surface area contributed by atoms with E-state index in [4.69, 9.17) is 0 Å². The Morgan fingerprint density at radius 3 is 2.38 bits per heavy atom. The molecule has 24 heavy (non-hydrogen) atoms. The molecule has 0 saturated carbocycles. The molecule has 1 aromatic rings. The molecule has 4 heteroatoms. The van der Waals surface area contributed by atoms with Crippen molar-refractivity contribution in [2.45, 2.75) is 52.1 Å². The Hall–Kier alpha value is -1.55. The number of hydrogen-bond acceptors (Lipinski definition) is 3. The highest BCUT2D eigenvalue weighted by atomic mass is 16.3. The van der Waals surface area contributed by atoms with Gasteiger partial charge in [0.05, 0.1) is 6.10 Å². The fraction of sp³-hybridized carbons (Fsp3) is 0.650. The number of hydrogen-bond donors (Lipinski definition) is 1. The van der Waals surface area contributed by atoms with E-state index in [-0.39, 0.29) is 12.0 Å². The van der Waals surface area contributed by atoms with E-state index in [0.717, 1.165) is 63.1 Å². The quantitative estimate of drug-likeness (QED) is 0.905. The van der Waals surface area contributed by atoms with Crippen molar-refractivity contribution < 1.29 is 9.90 Å². The van der Waals surface area contributed by atoms with Crippen LogP contribution in [0.5, 0.6) is 0 Å². The van der Waals surface area contributed by atoms with Crippen LogP contribution in [0, 0.1) is 5.41 Å². The van der Waals surface area contributed by atoms with Crippen LogP contribution in [0.2, 0.25) is 0 Å². The van der Waals surface area contributed by atoms with Gasteiger partial charge < -0.3 is 14.9 Å². The van der Waals surface area contributed by atoms with Crippen molar-refractivity contribution in [1.82, 2.24) is 4.90 Å². The van der Waals surface area contributed by atoms with Gasteiger partial charge in [-0.2, -0.15) is 0 Å². The molecule has 132 valence electrons. The van der Waals surface area contributed by atoms with Gasteiger partial charge in [-0.15, -0.1) is 0 Å². The number of rotatable bonds is 2. The molecule has 3 rings (SSSR count). The van der Waals surface area contributed by atoms with Gasteiger partial charge in [-0.1, -0.05) is 13.8 Å². The van der Waals surface area contributed by atoms with Crippen molar-refractivity contribution in [1.29, 1.82) is 0 Å². The molecule has 0 aromatic heterocycles.